The van der Waals surface area contributed by atoms with E-state index in [9.17, 15) is 9.59 Å². The molecule has 0 aliphatic heterocycles. The molecule has 0 aromatic carbocycles. The van der Waals surface area contributed by atoms with Crippen LogP contribution < -0.4 is 5.32 Å². The van der Waals surface area contributed by atoms with E-state index in [0.29, 0.717) is 6.61 Å². The number of ether oxygens (including phenoxy) is 1. The maximum absolute atomic E-state index is 11.7. The van der Waals surface area contributed by atoms with Crippen LogP contribution in [-0.4, -0.2) is 35.7 Å². The minimum atomic E-state index is -1.19. The standard InChI is InChI=1S/C12H15NO5/c1-2-17-8-5-7(6-8)13-11(14)9-3-4-10(18-9)12(15)16/h3-4,7-8H,2,5-6H2,1H3,(H,13,14)(H,15,16). The number of rotatable bonds is 5. The van der Waals surface area contributed by atoms with Crippen molar-refractivity contribution in [2.45, 2.75) is 31.9 Å². The van der Waals surface area contributed by atoms with Crippen LogP contribution in [0.4, 0.5) is 0 Å². The summed E-state index contributed by atoms with van der Waals surface area (Å²) in [6, 6.07) is 2.70. The molecule has 18 heavy (non-hydrogen) atoms. The van der Waals surface area contributed by atoms with Gasteiger partial charge in [0.25, 0.3) is 5.91 Å². The molecule has 1 heterocycles. The second-order valence-electron chi connectivity index (χ2n) is 4.19. The first-order valence-corrected chi connectivity index (χ1v) is 5.85. The van der Waals surface area contributed by atoms with Gasteiger partial charge in [0.05, 0.1) is 6.10 Å². The molecule has 1 amide bonds. The minimum Gasteiger partial charge on any atom is -0.475 e. The summed E-state index contributed by atoms with van der Waals surface area (Å²) in [5.74, 6) is -1.79. The van der Waals surface area contributed by atoms with Gasteiger partial charge < -0.3 is 19.6 Å². The summed E-state index contributed by atoms with van der Waals surface area (Å²) in [6.45, 7) is 2.60. The Morgan fingerprint density at radius 1 is 1.44 bits per heavy atom. The Bertz CT molecular complexity index is 447. The Morgan fingerprint density at radius 3 is 2.67 bits per heavy atom. The van der Waals surface area contributed by atoms with Crippen molar-refractivity contribution in [3.05, 3.63) is 23.7 Å². The van der Waals surface area contributed by atoms with Crippen molar-refractivity contribution >= 4 is 11.9 Å². The predicted molar refractivity (Wildman–Crippen MR) is 61.6 cm³/mol. The lowest BCUT2D eigenvalue weighted by atomic mass is 9.89. The van der Waals surface area contributed by atoms with Crippen molar-refractivity contribution in [2.24, 2.45) is 0 Å². The highest BCUT2D eigenvalue weighted by Crippen LogP contribution is 2.23. The Hall–Kier alpha value is -1.82. The zero-order chi connectivity index (χ0) is 13.1. The summed E-state index contributed by atoms with van der Waals surface area (Å²) >= 11 is 0. The number of nitrogens with one attached hydrogen (secondary N) is 1. The SMILES string of the molecule is CCOC1CC(NC(=O)c2ccc(C(=O)O)o2)C1. The number of furan rings is 1. The molecule has 6 heteroatoms. The third-order valence-electron chi connectivity index (χ3n) is 2.87. The number of hydrogen-bond acceptors (Lipinski definition) is 4. The molecule has 1 aliphatic rings. The van der Waals surface area contributed by atoms with E-state index >= 15 is 0 Å². The first-order valence-electron chi connectivity index (χ1n) is 5.85. The van der Waals surface area contributed by atoms with Crippen LogP contribution in [0.3, 0.4) is 0 Å². The van der Waals surface area contributed by atoms with Gasteiger partial charge in [0.15, 0.2) is 5.76 Å². The number of carbonyl (C=O) groups excluding carboxylic acids is 1. The zero-order valence-corrected chi connectivity index (χ0v) is 10.0. The number of carboxylic acids is 1. The lowest BCUT2D eigenvalue weighted by molar-refractivity contribution is -0.00885. The maximum atomic E-state index is 11.7. The monoisotopic (exact) mass is 253 g/mol. The molecule has 1 fully saturated rings. The van der Waals surface area contributed by atoms with E-state index in [-0.39, 0.29) is 29.6 Å². The van der Waals surface area contributed by atoms with E-state index < -0.39 is 5.97 Å². The molecule has 1 aliphatic carbocycles. The fourth-order valence-electron chi connectivity index (χ4n) is 1.89. The number of hydrogen-bond donors (Lipinski definition) is 2. The van der Waals surface area contributed by atoms with Gasteiger partial charge in [0.2, 0.25) is 5.76 Å². The van der Waals surface area contributed by atoms with Gasteiger partial charge in [-0.05, 0) is 31.9 Å². The summed E-state index contributed by atoms with van der Waals surface area (Å²) < 4.78 is 10.3. The first-order chi connectivity index (χ1) is 8.60. The molecule has 1 aromatic heterocycles. The molecule has 1 aromatic rings. The van der Waals surface area contributed by atoms with Crippen LogP contribution in [0.2, 0.25) is 0 Å². The van der Waals surface area contributed by atoms with Crippen molar-refractivity contribution in [1.82, 2.24) is 5.32 Å². The summed E-state index contributed by atoms with van der Waals surface area (Å²) in [5.41, 5.74) is 0. The molecule has 0 saturated heterocycles. The molecular weight excluding hydrogens is 238 g/mol. The highest BCUT2D eigenvalue weighted by atomic mass is 16.5. The zero-order valence-electron chi connectivity index (χ0n) is 10.0. The molecule has 0 atom stereocenters. The maximum Gasteiger partial charge on any atom is 0.371 e. The minimum absolute atomic E-state index is 0.0206. The Balaban J connectivity index is 1.83. The second-order valence-corrected chi connectivity index (χ2v) is 4.19. The number of carbonyl (C=O) groups is 2. The van der Waals surface area contributed by atoms with Gasteiger partial charge in [0.1, 0.15) is 0 Å². The average molecular weight is 253 g/mol. The van der Waals surface area contributed by atoms with Crippen molar-refractivity contribution in [3.63, 3.8) is 0 Å². The molecule has 6 nitrogen and oxygen atoms in total. The van der Waals surface area contributed by atoms with Gasteiger partial charge in [-0.2, -0.15) is 0 Å². The van der Waals surface area contributed by atoms with E-state index in [4.69, 9.17) is 14.3 Å². The summed E-state index contributed by atoms with van der Waals surface area (Å²) in [4.78, 5) is 22.3. The fourth-order valence-corrected chi connectivity index (χ4v) is 1.89. The van der Waals surface area contributed by atoms with Crippen LogP contribution in [-0.2, 0) is 4.74 Å². The molecule has 0 bridgehead atoms. The van der Waals surface area contributed by atoms with Gasteiger partial charge in [-0.25, -0.2) is 4.79 Å². The lowest BCUT2D eigenvalue weighted by Crippen LogP contribution is -2.47. The predicted octanol–water partition coefficient (Wildman–Crippen LogP) is 1.28. The van der Waals surface area contributed by atoms with Crippen molar-refractivity contribution in [3.8, 4) is 0 Å². The molecular formula is C12H15NO5. The van der Waals surface area contributed by atoms with Gasteiger partial charge in [0, 0.05) is 12.6 Å². The molecule has 0 radical (unpaired) electrons. The smallest absolute Gasteiger partial charge is 0.371 e. The third-order valence-corrected chi connectivity index (χ3v) is 2.87. The molecule has 0 spiro atoms. The number of carboxylic acid groups (broad SMARTS) is 1. The first kappa shape index (κ1) is 12.6. The highest BCUT2D eigenvalue weighted by molar-refractivity contribution is 5.93. The highest BCUT2D eigenvalue weighted by Gasteiger charge is 2.31. The van der Waals surface area contributed by atoms with Gasteiger partial charge in [-0.3, -0.25) is 4.79 Å². The van der Waals surface area contributed by atoms with Crippen molar-refractivity contribution in [1.29, 1.82) is 0 Å². The lowest BCUT2D eigenvalue weighted by Gasteiger charge is -2.35. The largest absolute Gasteiger partial charge is 0.475 e. The Labute approximate surface area is 104 Å². The van der Waals surface area contributed by atoms with Crippen LogP contribution in [0.25, 0.3) is 0 Å². The van der Waals surface area contributed by atoms with E-state index in [1.807, 2.05) is 6.92 Å². The van der Waals surface area contributed by atoms with Crippen molar-refractivity contribution in [2.75, 3.05) is 6.61 Å². The van der Waals surface area contributed by atoms with E-state index in [2.05, 4.69) is 5.32 Å². The van der Waals surface area contributed by atoms with Gasteiger partial charge in [-0.1, -0.05) is 0 Å². The summed E-state index contributed by atoms with van der Waals surface area (Å²) in [6.07, 6.45) is 1.78. The molecule has 1 saturated carbocycles. The van der Waals surface area contributed by atoms with Gasteiger partial charge in [-0.15, -0.1) is 0 Å². The van der Waals surface area contributed by atoms with Crippen LogP contribution in [0.15, 0.2) is 16.5 Å². The fraction of sp³-hybridized carbons (Fsp3) is 0.500. The normalized spacial score (nSPS) is 22.3. The van der Waals surface area contributed by atoms with Crippen LogP contribution in [0, 0.1) is 0 Å². The summed E-state index contributed by atoms with van der Waals surface area (Å²) in [7, 11) is 0. The van der Waals surface area contributed by atoms with E-state index in [1.54, 1.807) is 0 Å². The van der Waals surface area contributed by atoms with E-state index in [1.165, 1.54) is 12.1 Å². The van der Waals surface area contributed by atoms with Crippen LogP contribution in [0.5, 0.6) is 0 Å². The third kappa shape index (κ3) is 2.70. The van der Waals surface area contributed by atoms with Gasteiger partial charge >= 0.3 is 5.97 Å². The molecule has 0 unspecified atom stereocenters. The van der Waals surface area contributed by atoms with Crippen LogP contribution >= 0.6 is 0 Å². The molecule has 2 rings (SSSR count). The number of aromatic carboxylic acids is 1. The van der Waals surface area contributed by atoms with Crippen molar-refractivity contribution < 1.29 is 23.8 Å². The second kappa shape index (κ2) is 5.22. The quantitative estimate of drug-likeness (QED) is 0.825. The Morgan fingerprint density at radius 2 is 2.11 bits per heavy atom. The number of amides is 1. The molecule has 98 valence electrons. The van der Waals surface area contributed by atoms with Crippen LogP contribution in [0.1, 0.15) is 40.9 Å². The summed E-state index contributed by atoms with van der Waals surface area (Å²) in [5, 5.41) is 11.4. The van der Waals surface area contributed by atoms with E-state index in [0.717, 1.165) is 12.8 Å². The molecule has 2 N–H and O–H groups in total. The Kier molecular flexibility index (Phi) is 3.66. The average Bonchev–Trinajstić information content (AvgIpc) is 2.75. The topological polar surface area (TPSA) is 88.8 Å².